The molecule has 9 nitrogen and oxygen atoms in total. The minimum Gasteiger partial charge on any atom is -0.496 e. The molecule has 31 heavy (non-hydrogen) atoms. The van der Waals surface area contributed by atoms with Gasteiger partial charge in [0.05, 0.1) is 18.2 Å². The van der Waals surface area contributed by atoms with Crippen molar-refractivity contribution in [1.82, 2.24) is 14.9 Å². The molecule has 1 heterocycles. The van der Waals surface area contributed by atoms with Crippen molar-refractivity contribution in [3.05, 3.63) is 69.5 Å². The number of methoxy groups -OCH3 is 1. The number of thioether (sulfide) groups is 1. The van der Waals surface area contributed by atoms with Crippen molar-refractivity contribution in [2.45, 2.75) is 18.2 Å². The van der Waals surface area contributed by atoms with Crippen molar-refractivity contribution in [3.63, 3.8) is 0 Å². The Morgan fingerprint density at radius 3 is 2.71 bits per heavy atom. The number of hydrogen-bond donors (Lipinski definition) is 0. The van der Waals surface area contributed by atoms with Crippen molar-refractivity contribution < 1.29 is 23.2 Å². The van der Waals surface area contributed by atoms with Crippen LogP contribution in [0.5, 0.6) is 11.5 Å². The van der Waals surface area contributed by atoms with E-state index in [0.29, 0.717) is 16.9 Å². The molecule has 0 aliphatic heterocycles. The Hall–Kier alpha value is -3.54. The molecule has 0 amide bonds. The van der Waals surface area contributed by atoms with E-state index in [9.17, 15) is 18.9 Å². The van der Waals surface area contributed by atoms with E-state index in [-0.39, 0.29) is 23.2 Å². The normalized spacial score (nSPS) is 11.3. The van der Waals surface area contributed by atoms with E-state index in [1.807, 2.05) is 0 Å². The lowest BCUT2D eigenvalue weighted by Gasteiger charge is -2.11. The van der Waals surface area contributed by atoms with E-state index < -0.39 is 17.2 Å². The molecule has 2 aromatic carbocycles. The first-order chi connectivity index (χ1) is 14.9. The molecule has 3 aromatic rings. The number of ether oxygens (including phenoxy) is 2. The Morgan fingerprint density at radius 2 is 2.03 bits per heavy atom. The lowest BCUT2D eigenvalue weighted by atomic mass is 10.1. The molecular formula is C19H17F2N5O4S. The van der Waals surface area contributed by atoms with Crippen molar-refractivity contribution >= 4 is 23.7 Å². The van der Waals surface area contributed by atoms with Gasteiger partial charge in [0.2, 0.25) is 11.0 Å². The second-order valence-electron chi connectivity index (χ2n) is 5.99. The molecule has 0 fully saturated rings. The zero-order chi connectivity index (χ0) is 22.4. The summed E-state index contributed by atoms with van der Waals surface area (Å²) in [5.41, 5.74) is 1.01. The molecule has 12 heteroatoms. The largest absolute Gasteiger partial charge is 0.496 e. The molecule has 0 bridgehead atoms. The van der Waals surface area contributed by atoms with Crippen LogP contribution in [0.1, 0.15) is 23.4 Å². The minimum atomic E-state index is -2.83. The molecule has 162 valence electrons. The highest BCUT2D eigenvalue weighted by Crippen LogP contribution is 2.28. The molecule has 0 saturated carbocycles. The first kappa shape index (κ1) is 22.2. The van der Waals surface area contributed by atoms with Gasteiger partial charge in [-0.3, -0.25) is 10.1 Å². The lowest BCUT2D eigenvalue weighted by Crippen LogP contribution is -2.03. The summed E-state index contributed by atoms with van der Waals surface area (Å²) < 4.78 is 38.2. The van der Waals surface area contributed by atoms with Gasteiger partial charge in [-0.25, -0.2) is 8.78 Å². The average molecular weight is 449 g/mol. The summed E-state index contributed by atoms with van der Waals surface area (Å²) in [6.45, 7) is -0.0132. The van der Waals surface area contributed by atoms with Gasteiger partial charge >= 0.3 is 5.69 Å². The summed E-state index contributed by atoms with van der Waals surface area (Å²) >= 11 is 1.13. The summed E-state index contributed by atoms with van der Waals surface area (Å²) in [5.74, 6) is 0.0523. The van der Waals surface area contributed by atoms with Crippen LogP contribution in [0.25, 0.3) is 0 Å². The standard InChI is InChI=1S/C19H17F2N5O4S/c1-29-15-8-7-12(10-22-25-18(17(20)21)23-24-19(25)31-2)9-13(15)11-30-16-6-4-3-5-14(16)26(27)28/h3-10,17H,11H2,1-2H3/b22-10+. The number of halogens is 2. The molecule has 0 N–H and O–H groups in total. The van der Waals surface area contributed by atoms with Crippen molar-refractivity contribution in [2.75, 3.05) is 13.4 Å². The molecule has 3 rings (SSSR count). The van der Waals surface area contributed by atoms with Crippen LogP contribution in [0.2, 0.25) is 0 Å². The Labute approximate surface area is 179 Å². The van der Waals surface area contributed by atoms with Crippen LogP contribution in [0.3, 0.4) is 0 Å². The number of alkyl halides is 2. The summed E-state index contributed by atoms with van der Waals surface area (Å²) in [6.07, 6.45) is 0.228. The Morgan fingerprint density at radius 1 is 1.26 bits per heavy atom. The molecular weight excluding hydrogens is 432 g/mol. The first-order valence-electron chi connectivity index (χ1n) is 8.79. The summed E-state index contributed by atoms with van der Waals surface area (Å²) in [5, 5.41) is 22.6. The molecule has 0 radical (unpaired) electrons. The van der Waals surface area contributed by atoms with Crippen molar-refractivity contribution in [1.29, 1.82) is 0 Å². The second-order valence-corrected chi connectivity index (χ2v) is 6.76. The van der Waals surface area contributed by atoms with E-state index >= 15 is 0 Å². The quantitative estimate of drug-likeness (QED) is 0.207. The van der Waals surface area contributed by atoms with Crippen LogP contribution in [-0.2, 0) is 6.61 Å². The fourth-order valence-corrected chi connectivity index (χ4v) is 3.09. The van der Waals surface area contributed by atoms with Gasteiger partial charge in [-0.1, -0.05) is 23.9 Å². The number of aromatic nitrogens is 3. The highest BCUT2D eigenvalue weighted by Gasteiger charge is 2.19. The van der Waals surface area contributed by atoms with Gasteiger partial charge in [-0.2, -0.15) is 9.78 Å². The third kappa shape index (κ3) is 5.15. The maximum absolute atomic E-state index is 13.1. The third-order valence-corrected chi connectivity index (χ3v) is 4.71. The first-order valence-corrected chi connectivity index (χ1v) is 10.0. The number of nitro benzene ring substituents is 1. The van der Waals surface area contributed by atoms with Crippen molar-refractivity contribution in [2.24, 2.45) is 5.10 Å². The molecule has 0 atom stereocenters. The Balaban J connectivity index is 1.86. The monoisotopic (exact) mass is 449 g/mol. The van der Waals surface area contributed by atoms with Gasteiger partial charge in [-0.05, 0) is 36.1 Å². The van der Waals surface area contributed by atoms with Gasteiger partial charge in [-0.15, -0.1) is 10.2 Å². The highest BCUT2D eigenvalue weighted by molar-refractivity contribution is 7.98. The van der Waals surface area contributed by atoms with Crippen molar-refractivity contribution in [3.8, 4) is 11.5 Å². The maximum Gasteiger partial charge on any atom is 0.310 e. The predicted molar refractivity (Wildman–Crippen MR) is 110 cm³/mol. The second kappa shape index (κ2) is 9.98. The zero-order valence-electron chi connectivity index (χ0n) is 16.4. The number of hydrogen-bond acceptors (Lipinski definition) is 8. The van der Waals surface area contributed by atoms with Gasteiger partial charge in [0.15, 0.2) is 5.75 Å². The van der Waals surface area contributed by atoms with E-state index in [1.54, 1.807) is 36.6 Å². The SMILES string of the molecule is COc1ccc(/C=N/n2c(SC)nnc2C(F)F)cc1COc1ccccc1[N+](=O)[O-]. The van der Waals surface area contributed by atoms with Crippen LogP contribution in [0.4, 0.5) is 14.5 Å². The van der Waals surface area contributed by atoms with Crippen LogP contribution >= 0.6 is 11.8 Å². The molecule has 0 spiro atoms. The van der Waals surface area contributed by atoms with Crippen LogP contribution in [0, 0.1) is 10.1 Å². The molecule has 0 saturated heterocycles. The maximum atomic E-state index is 13.1. The fourth-order valence-electron chi connectivity index (χ4n) is 2.65. The Bertz CT molecular complexity index is 1110. The highest BCUT2D eigenvalue weighted by atomic mass is 32.2. The van der Waals surface area contributed by atoms with E-state index in [1.165, 1.54) is 25.5 Å². The van der Waals surface area contributed by atoms with E-state index in [4.69, 9.17) is 9.47 Å². The van der Waals surface area contributed by atoms with Gasteiger partial charge in [0.25, 0.3) is 6.43 Å². The van der Waals surface area contributed by atoms with Gasteiger partial charge < -0.3 is 9.47 Å². The summed E-state index contributed by atoms with van der Waals surface area (Å²) in [6, 6.07) is 11.0. The predicted octanol–water partition coefficient (Wildman–Crippen LogP) is 4.32. The molecule has 0 aliphatic carbocycles. The number of benzene rings is 2. The number of rotatable bonds is 9. The Kier molecular flexibility index (Phi) is 7.13. The fraction of sp³-hybridized carbons (Fsp3) is 0.211. The van der Waals surface area contributed by atoms with Crippen LogP contribution < -0.4 is 9.47 Å². The molecule has 0 unspecified atom stereocenters. The average Bonchev–Trinajstić information content (AvgIpc) is 3.19. The van der Waals surface area contributed by atoms with Gasteiger partial charge in [0.1, 0.15) is 12.4 Å². The zero-order valence-corrected chi connectivity index (χ0v) is 17.3. The number of nitro groups is 1. The molecule has 0 aliphatic rings. The van der Waals surface area contributed by atoms with Crippen LogP contribution in [0.15, 0.2) is 52.7 Å². The van der Waals surface area contributed by atoms with E-state index in [2.05, 4.69) is 15.3 Å². The van der Waals surface area contributed by atoms with E-state index in [0.717, 1.165) is 16.4 Å². The smallest absolute Gasteiger partial charge is 0.310 e. The third-order valence-electron chi connectivity index (χ3n) is 4.09. The lowest BCUT2D eigenvalue weighted by molar-refractivity contribution is -0.385. The summed E-state index contributed by atoms with van der Waals surface area (Å²) in [4.78, 5) is 10.6. The topological polar surface area (TPSA) is 105 Å². The van der Waals surface area contributed by atoms with Crippen LogP contribution in [-0.4, -0.2) is 39.4 Å². The summed E-state index contributed by atoms with van der Waals surface area (Å²) in [7, 11) is 1.48. The number of para-hydroxylation sites is 2. The van der Waals surface area contributed by atoms with Gasteiger partial charge in [0, 0.05) is 11.6 Å². The number of nitrogens with zero attached hydrogens (tertiary/aromatic N) is 5. The molecule has 1 aromatic heterocycles. The minimum absolute atomic E-state index is 0.0132.